The first-order valence-corrected chi connectivity index (χ1v) is 11.2. The molecule has 4 rings (SSSR count). The molecule has 32 heavy (non-hydrogen) atoms. The van der Waals surface area contributed by atoms with E-state index in [0.717, 1.165) is 42.7 Å². The van der Waals surface area contributed by atoms with Crippen molar-refractivity contribution in [2.24, 2.45) is 0 Å². The van der Waals surface area contributed by atoms with Gasteiger partial charge in [-0.3, -0.25) is 14.5 Å². The minimum Gasteiger partial charge on any atom is -0.379 e. The van der Waals surface area contributed by atoms with Crippen molar-refractivity contribution < 1.29 is 14.3 Å². The monoisotopic (exact) mass is 436 g/mol. The third-order valence-corrected chi connectivity index (χ3v) is 6.62. The van der Waals surface area contributed by atoms with Crippen molar-refractivity contribution in [1.29, 1.82) is 0 Å². The predicted molar refractivity (Wildman–Crippen MR) is 126 cm³/mol. The lowest BCUT2D eigenvalue weighted by Crippen LogP contribution is -2.45. The van der Waals surface area contributed by atoms with Gasteiger partial charge in [0.05, 0.1) is 19.3 Å². The summed E-state index contributed by atoms with van der Waals surface area (Å²) in [5.74, 6) is -1.26. The minimum absolute atomic E-state index is 0.00689. The summed E-state index contributed by atoms with van der Waals surface area (Å²) in [4.78, 5) is 29.7. The zero-order valence-electron chi connectivity index (χ0n) is 19.1. The van der Waals surface area contributed by atoms with Crippen LogP contribution in [0.4, 0.5) is 11.4 Å². The summed E-state index contributed by atoms with van der Waals surface area (Å²) >= 11 is 0. The Morgan fingerprint density at radius 1 is 1.06 bits per heavy atom. The van der Waals surface area contributed by atoms with Crippen LogP contribution in [-0.2, 0) is 20.7 Å². The van der Waals surface area contributed by atoms with E-state index in [9.17, 15) is 9.59 Å². The molecule has 1 fully saturated rings. The largest absolute Gasteiger partial charge is 0.379 e. The van der Waals surface area contributed by atoms with E-state index in [1.807, 2.05) is 32.0 Å². The van der Waals surface area contributed by atoms with E-state index in [2.05, 4.69) is 45.7 Å². The number of carbonyl (C=O) groups excluding carboxylic acids is 2. The Balaban J connectivity index is 1.46. The number of likely N-dealkylation sites (N-methyl/N-ethyl adjacent to an activating group) is 1. The van der Waals surface area contributed by atoms with Crippen LogP contribution in [0.5, 0.6) is 0 Å². The van der Waals surface area contributed by atoms with Crippen LogP contribution in [-0.4, -0.2) is 63.2 Å². The van der Waals surface area contributed by atoms with Gasteiger partial charge in [0.25, 0.3) is 0 Å². The van der Waals surface area contributed by atoms with Crippen LogP contribution in [0.3, 0.4) is 0 Å². The standard InChI is InChI=1S/C25H32N4O3/c1-17-5-4-6-21(18(17)2)27-25(31)24(30)26-16-23(29-11-13-32-14-12-29)19-7-8-22-20(15-19)9-10-28(22)3/h4-8,15,23H,9-14,16H2,1-3H3,(H,26,30)(H,27,31)/t23-/m0/s1. The molecule has 0 bridgehead atoms. The molecular weight excluding hydrogens is 404 g/mol. The Morgan fingerprint density at radius 3 is 2.62 bits per heavy atom. The number of fused-ring (bicyclic) bond motifs is 1. The Labute approximate surface area is 189 Å². The first-order chi connectivity index (χ1) is 15.4. The lowest BCUT2D eigenvalue weighted by molar-refractivity contribution is -0.136. The fourth-order valence-corrected chi connectivity index (χ4v) is 4.48. The van der Waals surface area contributed by atoms with Gasteiger partial charge < -0.3 is 20.3 Å². The smallest absolute Gasteiger partial charge is 0.313 e. The molecule has 0 aromatic heterocycles. The summed E-state index contributed by atoms with van der Waals surface area (Å²) in [6, 6.07) is 12.2. The molecule has 0 spiro atoms. The van der Waals surface area contributed by atoms with E-state index in [0.29, 0.717) is 25.4 Å². The third-order valence-electron chi connectivity index (χ3n) is 6.62. The average molecular weight is 437 g/mol. The molecule has 0 saturated carbocycles. The number of nitrogens with one attached hydrogen (secondary N) is 2. The van der Waals surface area contributed by atoms with Crippen LogP contribution in [0, 0.1) is 13.8 Å². The molecule has 170 valence electrons. The van der Waals surface area contributed by atoms with Crippen LogP contribution in [0.1, 0.15) is 28.3 Å². The number of hydrogen-bond acceptors (Lipinski definition) is 5. The Kier molecular flexibility index (Phi) is 6.77. The van der Waals surface area contributed by atoms with Gasteiger partial charge in [-0.25, -0.2) is 0 Å². The topological polar surface area (TPSA) is 73.9 Å². The van der Waals surface area contributed by atoms with Crippen molar-refractivity contribution in [3.8, 4) is 0 Å². The lowest BCUT2D eigenvalue weighted by Gasteiger charge is -2.35. The van der Waals surface area contributed by atoms with E-state index >= 15 is 0 Å². The highest BCUT2D eigenvalue weighted by molar-refractivity contribution is 6.39. The van der Waals surface area contributed by atoms with E-state index in [1.54, 1.807) is 0 Å². The molecule has 1 atom stereocenters. The highest BCUT2D eigenvalue weighted by Crippen LogP contribution is 2.31. The maximum atomic E-state index is 12.6. The predicted octanol–water partition coefficient (Wildman–Crippen LogP) is 2.42. The number of anilines is 2. The highest BCUT2D eigenvalue weighted by Gasteiger charge is 2.26. The number of carbonyl (C=O) groups is 2. The van der Waals surface area contributed by atoms with Crippen molar-refractivity contribution in [2.75, 3.05) is 56.7 Å². The summed E-state index contributed by atoms with van der Waals surface area (Å²) in [5.41, 5.74) is 6.46. The number of morpholine rings is 1. The molecule has 2 aliphatic rings. The van der Waals surface area contributed by atoms with E-state index < -0.39 is 11.8 Å². The second-order valence-electron chi connectivity index (χ2n) is 8.64. The molecule has 2 N–H and O–H groups in total. The molecule has 2 heterocycles. The SMILES string of the molecule is Cc1cccc(NC(=O)C(=O)NC[C@@H](c2ccc3c(c2)CCN3C)N2CCOCC2)c1C. The molecular formula is C25H32N4O3. The zero-order chi connectivity index (χ0) is 22.7. The molecule has 2 amide bonds. The van der Waals surface area contributed by atoms with Gasteiger partial charge in [0.1, 0.15) is 0 Å². The van der Waals surface area contributed by atoms with Crippen molar-refractivity contribution in [1.82, 2.24) is 10.2 Å². The fourth-order valence-electron chi connectivity index (χ4n) is 4.48. The second-order valence-corrected chi connectivity index (χ2v) is 8.64. The second kappa shape index (κ2) is 9.71. The molecule has 1 saturated heterocycles. The Morgan fingerprint density at radius 2 is 1.84 bits per heavy atom. The van der Waals surface area contributed by atoms with Gasteiger partial charge in [0, 0.05) is 44.6 Å². The fraction of sp³-hybridized carbons (Fsp3) is 0.440. The molecule has 7 heteroatoms. The molecule has 0 aliphatic carbocycles. The Bertz CT molecular complexity index is 1000. The molecule has 7 nitrogen and oxygen atoms in total. The van der Waals surface area contributed by atoms with Crippen molar-refractivity contribution in [3.05, 3.63) is 58.7 Å². The normalized spacial score (nSPS) is 17.0. The zero-order valence-corrected chi connectivity index (χ0v) is 19.1. The summed E-state index contributed by atoms with van der Waals surface area (Å²) < 4.78 is 5.53. The number of ether oxygens (including phenoxy) is 1. The van der Waals surface area contributed by atoms with Crippen LogP contribution < -0.4 is 15.5 Å². The first-order valence-electron chi connectivity index (χ1n) is 11.2. The van der Waals surface area contributed by atoms with Crippen LogP contribution in [0.15, 0.2) is 36.4 Å². The molecule has 2 aromatic rings. The maximum absolute atomic E-state index is 12.6. The lowest BCUT2D eigenvalue weighted by atomic mass is 10.0. The van der Waals surface area contributed by atoms with Crippen LogP contribution in [0.2, 0.25) is 0 Å². The van der Waals surface area contributed by atoms with Crippen LogP contribution >= 0.6 is 0 Å². The molecule has 0 unspecified atom stereocenters. The first kappa shape index (κ1) is 22.3. The van der Waals surface area contributed by atoms with Gasteiger partial charge >= 0.3 is 11.8 Å². The van der Waals surface area contributed by atoms with E-state index in [1.165, 1.54) is 11.3 Å². The van der Waals surface area contributed by atoms with Gasteiger partial charge in [-0.15, -0.1) is 0 Å². The quantitative estimate of drug-likeness (QED) is 0.705. The van der Waals surface area contributed by atoms with Crippen molar-refractivity contribution in [3.63, 3.8) is 0 Å². The third kappa shape index (κ3) is 4.79. The van der Waals surface area contributed by atoms with Crippen LogP contribution in [0.25, 0.3) is 0 Å². The summed E-state index contributed by atoms with van der Waals surface area (Å²) in [6.45, 7) is 8.24. The highest BCUT2D eigenvalue weighted by atomic mass is 16.5. The van der Waals surface area contributed by atoms with Crippen molar-refractivity contribution >= 4 is 23.2 Å². The summed E-state index contributed by atoms with van der Waals surface area (Å²) in [6.07, 6.45) is 1.03. The number of hydrogen-bond donors (Lipinski definition) is 2. The van der Waals surface area contributed by atoms with Crippen molar-refractivity contribution in [2.45, 2.75) is 26.3 Å². The summed E-state index contributed by atoms with van der Waals surface area (Å²) in [7, 11) is 2.11. The number of benzene rings is 2. The van der Waals surface area contributed by atoms with Gasteiger partial charge in [-0.1, -0.05) is 24.3 Å². The molecule has 2 aromatic carbocycles. The number of rotatable bonds is 5. The Hall–Kier alpha value is -2.90. The van der Waals surface area contributed by atoms with Gasteiger partial charge in [0.2, 0.25) is 0 Å². The molecule has 0 radical (unpaired) electrons. The minimum atomic E-state index is -0.644. The van der Waals surface area contributed by atoms with E-state index in [4.69, 9.17) is 4.74 Å². The summed E-state index contributed by atoms with van der Waals surface area (Å²) in [5, 5.41) is 5.61. The van der Waals surface area contributed by atoms with E-state index in [-0.39, 0.29) is 6.04 Å². The maximum Gasteiger partial charge on any atom is 0.313 e. The van der Waals surface area contributed by atoms with Gasteiger partial charge in [0.15, 0.2) is 0 Å². The average Bonchev–Trinajstić information content (AvgIpc) is 3.17. The van der Waals surface area contributed by atoms with Gasteiger partial charge in [-0.05, 0) is 54.7 Å². The number of aryl methyl sites for hydroxylation is 1. The van der Waals surface area contributed by atoms with Gasteiger partial charge in [-0.2, -0.15) is 0 Å². The number of amides is 2. The molecule has 2 aliphatic heterocycles. The number of nitrogens with zero attached hydrogens (tertiary/aromatic N) is 2.